The van der Waals surface area contributed by atoms with E-state index in [1.165, 1.54) is 18.2 Å². The lowest BCUT2D eigenvalue weighted by Gasteiger charge is -2.06. The van der Waals surface area contributed by atoms with E-state index in [-0.39, 0.29) is 16.6 Å². The highest BCUT2D eigenvalue weighted by Gasteiger charge is 2.24. The smallest absolute Gasteiger partial charge is 0.239 e. The van der Waals surface area contributed by atoms with Gasteiger partial charge in [0.15, 0.2) is 0 Å². The third-order valence-electron chi connectivity index (χ3n) is 2.21. The molecule has 0 aromatic heterocycles. The summed E-state index contributed by atoms with van der Waals surface area (Å²) < 4.78 is 27.7. The molecule has 0 bridgehead atoms. The molecule has 1 aromatic carbocycles. The lowest BCUT2D eigenvalue weighted by atomic mass is 10.2. The fraction of sp³-hybridized carbons (Fsp3) is 0.300. The van der Waals surface area contributed by atoms with Gasteiger partial charge in [-0.15, -0.1) is 0 Å². The van der Waals surface area contributed by atoms with E-state index in [1.807, 2.05) is 0 Å². The van der Waals surface area contributed by atoms with Gasteiger partial charge in [0, 0.05) is 0 Å². The fourth-order valence-corrected chi connectivity index (χ4v) is 1.97. The highest BCUT2D eigenvalue weighted by Crippen LogP contribution is 2.28. The molecule has 0 radical (unpaired) electrons. The molecule has 0 amide bonds. The van der Waals surface area contributed by atoms with E-state index >= 15 is 0 Å². The molecule has 1 aliphatic rings. The third-order valence-corrected chi connectivity index (χ3v) is 3.17. The first kappa shape index (κ1) is 10.9. The molecule has 0 saturated heterocycles. The lowest BCUT2D eigenvalue weighted by molar-refractivity contribution is 0.303. The Morgan fingerprint density at radius 2 is 2.12 bits per heavy atom. The first-order chi connectivity index (χ1) is 7.50. The van der Waals surface area contributed by atoms with E-state index in [0.29, 0.717) is 5.75 Å². The van der Waals surface area contributed by atoms with Gasteiger partial charge in [-0.1, -0.05) is 0 Å². The minimum absolute atomic E-state index is 0.0145. The number of rotatable bonds is 3. The van der Waals surface area contributed by atoms with Crippen molar-refractivity contribution in [2.45, 2.75) is 23.8 Å². The second-order valence-electron chi connectivity index (χ2n) is 3.63. The molecule has 2 rings (SSSR count). The fourth-order valence-electron chi connectivity index (χ4n) is 1.30. The van der Waals surface area contributed by atoms with Gasteiger partial charge in [-0.25, -0.2) is 13.6 Å². The molecule has 0 aliphatic heterocycles. The van der Waals surface area contributed by atoms with Crippen LogP contribution in [0, 0.1) is 11.3 Å². The molecule has 1 aromatic rings. The summed E-state index contributed by atoms with van der Waals surface area (Å²) in [6.07, 6.45) is 2.20. The van der Waals surface area contributed by atoms with Crippen molar-refractivity contribution in [1.82, 2.24) is 0 Å². The highest BCUT2D eigenvalue weighted by molar-refractivity contribution is 7.89. The lowest BCUT2D eigenvalue weighted by Crippen LogP contribution is -2.13. The number of ether oxygens (including phenoxy) is 1. The van der Waals surface area contributed by atoms with E-state index in [2.05, 4.69) is 0 Å². The van der Waals surface area contributed by atoms with Crippen molar-refractivity contribution in [1.29, 1.82) is 5.26 Å². The number of hydrogen-bond acceptors (Lipinski definition) is 4. The van der Waals surface area contributed by atoms with Crippen molar-refractivity contribution < 1.29 is 13.2 Å². The first-order valence-electron chi connectivity index (χ1n) is 4.74. The molecule has 16 heavy (non-hydrogen) atoms. The molecule has 0 unspecified atom stereocenters. The average molecular weight is 238 g/mol. The summed E-state index contributed by atoms with van der Waals surface area (Å²) in [5, 5.41) is 13.8. The van der Waals surface area contributed by atoms with Crippen LogP contribution in [0.25, 0.3) is 0 Å². The molecule has 5 nitrogen and oxygen atoms in total. The van der Waals surface area contributed by atoms with Gasteiger partial charge >= 0.3 is 0 Å². The third kappa shape index (κ3) is 2.32. The maximum atomic E-state index is 11.1. The Labute approximate surface area is 93.5 Å². The Hall–Kier alpha value is -1.58. The second-order valence-corrected chi connectivity index (χ2v) is 5.16. The van der Waals surface area contributed by atoms with Gasteiger partial charge in [0.25, 0.3) is 0 Å². The van der Waals surface area contributed by atoms with E-state index in [4.69, 9.17) is 15.1 Å². The SMILES string of the molecule is N#Cc1cc(OC2CC2)ccc1S(N)(=O)=O. The van der Waals surface area contributed by atoms with E-state index in [9.17, 15) is 8.42 Å². The Balaban J connectivity index is 2.39. The van der Waals surface area contributed by atoms with Crippen molar-refractivity contribution in [2.75, 3.05) is 0 Å². The zero-order valence-electron chi connectivity index (χ0n) is 8.38. The monoisotopic (exact) mass is 238 g/mol. The quantitative estimate of drug-likeness (QED) is 0.840. The van der Waals surface area contributed by atoms with Gasteiger partial charge in [0.2, 0.25) is 10.0 Å². The molecule has 2 N–H and O–H groups in total. The van der Waals surface area contributed by atoms with Gasteiger partial charge < -0.3 is 4.74 Å². The van der Waals surface area contributed by atoms with Crippen molar-refractivity contribution in [3.8, 4) is 11.8 Å². The van der Waals surface area contributed by atoms with Crippen LogP contribution in [0.15, 0.2) is 23.1 Å². The summed E-state index contributed by atoms with van der Waals surface area (Å²) in [5.41, 5.74) is 0.0145. The molecule has 1 fully saturated rings. The van der Waals surface area contributed by atoms with E-state index in [0.717, 1.165) is 12.8 Å². The predicted octanol–water partition coefficient (Wildman–Crippen LogP) is 0.747. The largest absolute Gasteiger partial charge is 0.490 e. The predicted molar refractivity (Wildman–Crippen MR) is 56.2 cm³/mol. The Kier molecular flexibility index (Phi) is 2.58. The maximum Gasteiger partial charge on any atom is 0.239 e. The maximum absolute atomic E-state index is 11.1. The van der Waals surface area contributed by atoms with Crippen molar-refractivity contribution in [2.24, 2.45) is 5.14 Å². The van der Waals surface area contributed by atoms with Crippen LogP contribution in [0.5, 0.6) is 5.75 Å². The minimum atomic E-state index is -3.85. The molecule has 0 spiro atoms. The second kappa shape index (κ2) is 3.77. The van der Waals surface area contributed by atoms with Gasteiger partial charge in [-0.2, -0.15) is 5.26 Å². The number of nitriles is 1. The number of sulfonamides is 1. The first-order valence-corrected chi connectivity index (χ1v) is 6.29. The van der Waals surface area contributed by atoms with Crippen LogP contribution in [0.2, 0.25) is 0 Å². The summed E-state index contributed by atoms with van der Waals surface area (Å²) in [7, 11) is -3.85. The Morgan fingerprint density at radius 3 is 2.62 bits per heavy atom. The standard InChI is InChI=1S/C10H10N2O3S/c11-6-7-5-9(15-8-1-2-8)3-4-10(7)16(12,13)14/h3-5,8H,1-2H2,(H2,12,13,14). The Bertz CT molecular complexity index is 556. The number of benzene rings is 1. The van der Waals surface area contributed by atoms with Crippen LogP contribution in [0.1, 0.15) is 18.4 Å². The molecule has 0 heterocycles. The number of primary sulfonamides is 1. The number of nitrogens with zero attached hydrogens (tertiary/aromatic N) is 1. The van der Waals surface area contributed by atoms with Crippen LogP contribution in [0.3, 0.4) is 0 Å². The molecular weight excluding hydrogens is 228 g/mol. The summed E-state index contributed by atoms with van der Waals surface area (Å²) in [4.78, 5) is -0.168. The number of nitrogens with two attached hydrogens (primary N) is 1. The van der Waals surface area contributed by atoms with Crippen LogP contribution < -0.4 is 9.88 Å². The zero-order valence-corrected chi connectivity index (χ0v) is 9.20. The van der Waals surface area contributed by atoms with Crippen LogP contribution in [-0.2, 0) is 10.0 Å². The molecule has 6 heteroatoms. The van der Waals surface area contributed by atoms with Crippen molar-refractivity contribution in [3.05, 3.63) is 23.8 Å². The summed E-state index contributed by atoms with van der Waals surface area (Å²) >= 11 is 0. The molecule has 1 saturated carbocycles. The van der Waals surface area contributed by atoms with Crippen LogP contribution in [-0.4, -0.2) is 14.5 Å². The van der Waals surface area contributed by atoms with Gasteiger partial charge in [-0.3, -0.25) is 0 Å². The van der Waals surface area contributed by atoms with Crippen molar-refractivity contribution in [3.63, 3.8) is 0 Å². The Morgan fingerprint density at radius 1 is 1.44 bits per heavy atom. The summed E-state index contributed by atoms with van der Waals surface area (Å²) in [6, 6.07) is 6.01. The van der Waals surface area contributed by atoms with Gasteiger partial charge in [0.05, 0.1) is 16.6 Å². The molecule has 84 valence electrons. The van der Waals surface area contributed by atoms with Crippen LogP contribution in [0.4, 0.5) is 0 Å². The molecule has 1 aliphatic carbocycles. The normalized spacial score (nSPS) is 15.5. The van der Waals surface area contributed by atoms with Gasteiger partial charge in [-0.05, 0) is 31.0 Å². The topological polar surface area (TPSA) is 93.2 Å². The summed E-state index contributed by atoms with van der Waals surface area (Å²) in [6.45, 7) is 0. The van der Waals surface area contributed by atoms with Gasteiger partial charge in [0.1, 0.15) is 11.8 Å². The molecular formula is C10H10N2O3S. The van der Waals surface area contributed by atoms with Crippen molar-refractivity contribution >= 4 is 10.0 Å². The number of hydrogen-bond donors (Lipinski definition) is 1. The van der Waals surface area contributed by atoms with E-state index in [1.54, 1.807) is 6.07 Å². The van der Waals surface area contributed by atoms with Crippen LogP contribution >= 0.6 is 0 Å². The van der Waals surface area contributed by atoms with E-state index < -0.39 is 10.0 Å². The summed E-state index contributed by atoms with van der Waals surface area (Å²) in [5.74, 6) is 0.506. The average Bonchev–Trinajstić information content (AvgIpc) is 3.00. The zero-order chi connectivity index (χ0) is 11.8. The molecule has 0 atom stereocenters. The minimum Gasteiger partial charge on any atom is -0.490 e. The highest BCUT2D eigenvalue weighted by atomic mass is 32.2.